The molecule has 0 bridgehead atoms. The van der Waals surface area contributed by atoms with Gasteiger partial charge in [-0.05, 0) is 19.4 Å². The van der Waals surface area contributed by atoms with Crippen LogP contribution in [-0.2, 0) is 6.42 Å². The second-order valence-corrected chi connectivity index (χ2v) is 3.91. The molecule has 17 heavy (non-hydrogen) atoms. The molecule has 0 fully saturated rings. The molecule has 0 atom stereocenters. The summed E-state index contributed by atoms with van der Waals surface area (Å²) in [6.07, 6.45) is 1.37. The lowest BCUT2D eigenvalue weighted by molar-refractivity contribution is 0.287. The van der Waals surface area contributed by atoms with E-state index < -0.39 is 0 Å². The molecule has 0 aliphatic rings. The molecule has 1 aromatic heterocycles. The van der Waals surface area contributed by atoms with E-state index in [-0.39, 0.29) is 6.61 Å². The lowest BCUT2D eigenvalue weighted by atomic mass is 10.1. The molecule has 90 valence electrons. The highest BCUT2D eigenvalue weighted by molar-refractivity contribution is 5.86. The maximum absolute atomic E-state index is 8.83. The maximum atomic E-state index is 8.83. The van der Waals surface area contributed by atoms with Crippen molar-refractivity contribution < 1.29 is 9.84 Å². The van der Waals surface area contributed by atoms with Gasteiger partial charge in [0, 0.05) is 24.1 Å². The number of methoxy groups -OCH3 is 1. The molecule has 1 N–H and O–H groups in total. The predicted molar refractivity (Wildman–Crippen MR) is 66.2 cm³/mol. The van der Waals surface area contributed by atoms with Crippen LogP contribution < -0.4 is 4.74 Å². The van der Waals surface area contributed by atoms with E-state index in [0.717, 1.165) is 28.2 Å². The lowest BCUT2D eigenvalue weighted by Crippen LogP contribution is -2.01. The molecule has 0 spiro atoms. The number of hydrogen-bond donors (Lipinski definition) is 1. The van der Waals surface area contributed by atoms with Gasteiger partial charge in [0.15, 0.2) is 0 Å². The van der Waals surface area contributed by atoms with E-state index in [2.05, 4.69) is 9.97 Å². The van der Waals surface area contributed by atoms with Crippen molar-refractivity contribution in [3.8, 4) is 5.75 Å². The molecule has 0 unspecified atom stereocenters. The number of para-hydroxylation sites is 1. The fourth-order valence-electron chi connectivity index (χ4n) is 1.85. The van der Waals surface area contributed by atoms with Crippen molar-refractivity contribution in [3.05, 3.63) is 29.7 Å². The summed E-state index contributed by atoms with van der Waals surface area (Å²) in [7, 11) is 1.64. The minimum absolute atomic E-state index is 0.159. The average Bonchev–Trinajstić information content (AvgIpc) is 2.35. The zero-order valence-electron chi connectivity index (χ0n) is 10.1. The highest BCUT2D eigenvalue weighted by Gasteiger charge is 2.08. The number of aliphatic hydroxyl groups excluding tert-OH is 1. The molecule has 1 heterocycles. The van der Waals surface area contributed by atoms with E-state index in [4.69, 9.17) is 9.84 Å². The molecule has 0 amide bonds. The summed E-state index contributed by atoms with van der Waals surface area (Å²) in [6.45, 7) is 2.12. The number of rotatable bonds is 4. The largest absolute Gasteiger partial charge is 0.494 e. The first kappa shape index (κ1) is 11.8. The van der Waals surface area contributed by atoms with E-state index in [1.165, 1.54) is 0 Å². The molecule has 4 heteroatoms. The Bertz CT molecular complexity index is 526. The van der Waals surface area contributed by atoms with Gasteiger partial charge < -0.3 is 9.84 Å². The Kier molecular flexibility index (Phi) is 3.54. The number of nitrogens with zero attached hydrogens (tertiary/aromatic N) is 2. The minimum atomic E-state index is 0.159. The molecule has 4 nitrogen and oxygen atoms in total. The van der Waals surface area contributed by atoms with Gasteiger partial charge in [0.25, 0.3) is 0 Å². The van der Waals surface area contributed by atoms with Crippen LogP contribution in [0.1, 0.15) is 17.9 Å². The molecular weight excluding hydrogens is 216 g/mol. The van der Waals surface area contributed by atoms with Gasteiger partial charge >= 0.3 is 0 Å². The van der Waals surface area contributed by atoms with Crippen molar-refractivity contribution in [3.63, 3.8) is 0 Å². The van der Waals surface area contributed by atoms with Crippen molar-refractivity contribution in [2.24, 2.45) is 0 Å². The van der Waals surface area contributed by atoms with E-state index in [1.807, 2.05) is 25.1 Å². The Hall–Kier alpha value is -1.68. The Morgan fingerprint density at radius 2 is 2.12 bits per heavy atom. The Morgan fingerprint density at radius 1 is 1.29 bits per heavy atom. The van der Waals surface area contributed by atoms with Gasteiger partial charge in [-0.2, -0.15) is 0 Å². The van der Waals surface area contributed by atoms with E-state index in [9.17, 15) is 0 Å². The highest BCUT2D eigenvalue weighted by Crippen LogP contribution is 2.25. The molecule has 0 aliphatic carbocycles. The number of fused-ring (bicyclic) bond motifs is 1. The number of ether oxygens (including phenoxy) is 1. The fraction of sp³-hybridized carbons (Fsp3) is 0.385. The number of benzene rings is 1. The van der Waals surface area contributed by atoms with Crippen LogP contribution in [0.3, 0.4) is 0 Å². The first-order valence-corrected chi connectivity index (χ1v) is 5.67. The molecule has 1 aromatic carbocycles. The highest BCUT2D eigenvalue weighted by atomic mass is 16.5. The van der Waals surface area contributed by atoms with E-state index >= 15 is 0 Å². The van der Waals surface area contributed by atoms with Crippen molar-refractivity contribution in [1.82, 2.24) is 9.97 Å². The second-order valence-electron chi connectivity index (χ2n) is 3.91. The van der Waals surface area contributed by atoms with Crippen LogP contribution in [0, 0.1) is 6.92 Å². The molecular formula is C13H16N2O2. The summed E-state index contributed by atoms with van der Waals surface area (Å²) in [5, 5.41) is 9.84. The molecule has 2 aromatic rings. The average molecular weight is 232 g/mol. The van der Waals surface area contributed by atoms with Crippen molar-refractivity contribution in [2.75, 3.05) is 13.7 Å². The van der Waals surface area contributed by atoms with Crippen LogP contribution >= 0.6 is 0 Å². The SMILES string of the molecule is COc1cccc2c(C)nc(CCCO)nc12. The van der Waals surface area contributed by atoms with Crippen molar-refractivity contribution in [2.45, 2.75) is 19.8 Å². The monoisotopic (exact) mass is 232 g/mol. The summed E-state index contributed by atoms with van der Waals surface area (Å²) in [6, 6.07) is 5.82. The molecule has 0 saturated carbocycles. The number of aliphatic hydroxyl groups is 1. The Labute approximate surface area is 100 Å². The minimum Gasteiger partial charge on any atom is -0.494 e. The quantitative estimate of drug-likeness (QED) is 0.874. The van der Waals surface area contributed by atoms with Gasteiger partial charge in [0.2, 0.25) is 0 Å². The van der Waals surface area contributed by atoms with Crippen LogP contribution in [0.5, 0.6) is 5.75 Å². The smallest absolute Gasteiger partial charge is 0.145 e. The van der Waals surface area contributed by atoms with Crippen molar-refractivity contribution in [1.29, 1.82) is 0 Å². The molecule has 0 radical (unpaired) electrons. The third-order valence-corrected chi connectivity index (χ3v) is 2.70. The third-order valence-electron chi connectivity index (χ3n) is 2.70. The summed E-state index contributed by atoms with van der Waals surface area (Å²) >= 11 is 0. The van der Waals surface area contributed by atoms with Gasteiger partial charge in [-0.1, -0.05) is 12.1 Å². The van der Waals surface area contributed by atoms with Gasteiger partial charge in [-0.25, -0.2) is 9.97 Å². The van der Waals surface area contributed by atoms with Gasteiger partial charge in [0.05, 0.1) is 7.11 Å². The van der Waals surface area contributed by atoms with Gasteiger partial charge in [-0.3, -0.25) is 0 Å². The molecule has 0 saturated heterocycles. The van der Waals surface area contributed by atoms with Crippen LogP contribution in [0.4, 0.5) is 0 Å². The molecule has 2 rings (SSSR count). The second kappa shape index (κ2) is 5.10. The molecule has 0 aliphatic heterocycles. The number of hydrogen-bond acceptors (Lipinski definition) is 4. The number of aryl methyl sites for hydroxylation is 2. The van der Waals surface area contributed by atoms with Crippen LogP contribution in [-0.4, -0.2) is 28.8 Å². The Morgan fingerprint density at radius 3 is 2.82 bits per heavy atom. The Balaban J connectivity index is 2.53. The zero-order valence-corrected chi connectivity index (χ0v) is 10.1. The summed E-state index contributed by atoms with van der Waals surface area (Å²) < 4.78 is 5.30. The number of aromatic nitrogens is 2. The third kappa shape index (κ3) is 2.36. The summed E-state index contributed by atoms with van der Waals surface area (Å²) in [5.74, 6) is 1.52. The maximum Gasteiger partial charge on any atom is 0.145 e. The topological polar surface area (TPSA) is 55.2 Å². The fourth-order valence-corrected chi connectivity index (χ4v) is 1.85. The first-order chi connectivity index (χ1) is 8.26. The predicted octanol–water partition coefficient (Wildman–Crippen LogP) is 1.87. The lowest BCUT2D eigenvalue weighted by Gasteiger charge is -2.08. The normalized spacial score (nSPS) is 10.8. The van der Waals surface area contributed by atoms with E-state index in [1.54, 1.807) is 7.11 Å². The van der Waals surface area contributed by atoms with Gasteiger partial charge in [-0.15, -0.1) is 0 Å². The van der Waals surface area contributed by atoms with Crippen LogP contribution in [0.25, 0.3) is 10.9 Å². The van der Waals surface area contributed by atoms with Crippen LogP contribution in [0.2, 0.25) is 0 Å². The summed E-state index contributed by atoms with van der Waals surface area (Å²) in [5.41, 5.74) is 1.79. The van der Waals surface area contributed by atoms with Crippen molar-refractivity contribution >= 4 is 10.9 Å². The summed E-state index contributed by atoms with van der Waals surface area (Å²) in [4.78, 5) is 8.93. The van der Waals surface area contributed by atoms with Crippen LogP contribution in [0.15, 0.2) is 18.2 Å². The van der Waals surface area contributed by atoms with E-state index in [0.29, 0.717) is 12.8 Å². The first-order valence-electron chi connectivity index (χ1n) is 5.67. The van der Waals surface area contributed by atoms with Gasteiger partial charge in [0.1, 0.15) is 17.1 Å². The zero-order chi connectivity index (χ0) is 12.3. The standard InChI is InChI=1S/C13H16N2O2/c1-9-10-5-3-6-11(17-2)13(10)15-12(14-9)7-4-8-16/h3,5-6,16H,4,7-8H2,1-2H3.